The van der Waals surface area contributed by atoms with Crippen molar-refractivity contribution in [2.24, 2.45) is 0 Å². The molecule has 118 valence electrons. The summed E-state index contributed by atoms with van der Waals surface area (Å²) < 4.78 is 10.6. The van der Waals surface area contributed by atoms with Crippen LogP contribution in [0.15, 0.2) is 52.5 Å². The molecule has 1 aromatic carbocycles. The Morgan fingerprint density at radius 2 is 2.17 bits per heavy atom. The number of ether oxygens (including phenoxy) is 1. The molecule has 3 rings (SSSR count). The van der Waals surface area contributed by atoms with Gasteiger partial charge in [-0.15, -0.1) is 11.3 Å². The Bertz CT molecular complexity index is 783. The Balaban J connectivity index is 1.57. The number of urea groups is 1. The lowest BCUT2D eigenvalue weighted by molar-refractivity contribution is 0.251. The number of para-hydroxylation sites is 2. The van der Waals surface area contributed by atoms with E-state index in [1.807, 2.05) is 29.6 Å². The van der Waals surface area contributed by atoms with Gasteiger partial charge in [-0.2, -0.15) is 0 Å². The molecular formula is C16H15N3O3S. The highest BCUT2D eigenvalue weighted by Crippen LogP contribution is 2.24. The number of hydrogen-bond donors (Lipinski definition) is 2. The largest absolute Gasteiger partial charge is 0.495 e. The smallest absolute Gasteiger partial charge is 0.319 e. The van der Waals surface area contributed by atoms with Gasteiger partial charge < -0.3 is 19.8 Å². The maximum absolute atomic E-state index is 12.0. The van der Waals surface area contributed by atoms with Crippen LogP contribution in [-0.4, -0.2) is 18.1 Å². The van der Waals surface area contributed by atoms with Crippen molar-refractivity contribution in [1.82, 2.24) is 10.3 Å². The summed E-state index contributed by atoms with van der Waals surface area (Å²) in [7, 11) is 1.56. The van der Waals surface area contributed by atoms with E-state index in [0.29, 0.717) is 23.0 Å². The summed E-state index contributed by atoms with van der Waals surface area (Å²) in [5, 5.41) is 7.42. The first-order valence-electron chi connectivity index (χ1n) is 6.92. The number of amides is 2. The van der Waals surface area contributed by atoms with E-state index >= 15 is 0 Å². The number of methoxy groups -OCH3 is 1. The Morgan fingerprint density at radius 3 is 2.96 bits per heavy atom. The van der Waals surface area contributed by atoms with E-state index in [-0.39, 0.29) is 12.6 Å². The van der Waals surface area contributed by atoms with E-state index in [0.717, 1.165) is 4.88 Å². The highest BCUT2D eigenvalue weighted by Gasteiger charge is 2.10. The summed E-state index contributed by atoms with van der Waals surface area (Å²) in [6.45, 7) is 0.274. The quantitative estimate of drug-likeness (QED) is 0.748. The zero-order chi connectivity index (χ0) is 16.1. The van der Waals surface area contributed by atoms with Gasteiger partial charge in [-0.3, -0.25) is 0 Å². The van der Waals surface area contributed by atoms with Gasteiger partial charge in [0.1, 0.15) is 12.0 Å². The molecule has 0 unspecified atom stereocenters. The molecule has 0 saturated carbocycles. The second-order valence-corrected chi connectivity index (χ2v) is 5.58. The van der Waals surface area contributed by atoms with Crippen molar-refractivity contribution in [2.45, 2.75) is 6.54 Å². The van der Waals surface area contributed by atoms with E-state index in [1.165, 1.54) is 0 Å². The van der Waals surface area contributed by atoms with Gasteiger partial charge in [0.15, 0.2) is 0 Å². The van der Waals surface area contributed by atoms with Crippen molar-refractivity contribution in [3.05, 3.63) is 53.7 Å². The van der Waals surface area contributed by atoms with E-state index in [1.54, 1.807) is 36.8 Å². The summed E-state index contributed by atoms with van der Waals surface area (Å²) >= 11 is 1.55. The number of rotatable bonds is 5. The summed E-state index contributed by atoms with van der Waals surface area (Å²) in [4.78, 5) is 17.3. The van der Waals surface area contributed by atoms with Crippen LogP contribution in [-0.2, 0) is 6.54 Å². The van der Waals surface area contributed by atoms with Gasteiger partial charge in [0.05, 0.1) is 29.9 Å². The molecule has 2 amide bonds. The van der Waals surface area contributed by atoms with E-state index in [2.05, 4.69) is 15.6 Å². The molecule has 0 atom stereocenters. The predicted molar refractivity (Wildman–Crippen MR) is 88.7 cm³/mol. The number of carbonyl (C=O) groups is 1. The van der Waals surface area contributed by atoms with E-state index in [4.69, 9.17) is 9.15 Å². The van der Waals surface area contributed by atoms with Crippen molar-refractivity contribution >= 4 is 23.1 Å². The second kappa shape index (κ2) is 6.97. The van der Waals surface area contributed by atoms with Gasteiger partial charge in [-0.25, -0.2) is 9.78 Å². The van der Waals surface area contributed by atoms with Crippen LogP contribution in [0, 0.1) is 0 Å². The van der Waals surface area contributed by atoms with Crippen LogP contribution in [0.5, 0.6) is 5.75 Å². The molecule has 6 nitrogen and oxygen atoms in total. The number of hydrogen-bond acceptors (Lipinski definition) is 5. The maximum atomic E-state index is 12.0. The molecule has 0 aliphatic rings. The molecule has 0 aliphatic heterocycles. The fourth-order valence-corrected chi connectivity index (χ4v) is 2.64. The Kier molecular flexibility index (Phi) is 4.58. The lowest BCUT2D eigenvalue weighted by Crippen LogP contribution is -2.28. The number of nitrogens with one attached hydrogen (secondary N) is 2. The van der Waals surface area contributed by atoms with Crippen molar-refractivity contribution in [1.29, 1.82) is 0 Å². The number of nitrogens with zero attached hydrogens (tertiary/aromatic N) is 1. The SMILES string of the molecule is COc1ccccc1NC(=O)NCc1coc(-c2cccs2)n1. The molecule has 0 saturated heterocycles. The van der Waals surface area contributed by atoms with Gasteiger partial charge in [-0.1, -0.05) is 18.2 Å². The first-order chi connectivity index (χ1) is 11.3. The summed E-state index contributed by atoms with van der Waals surface area (Å²) in [5.74, 6) is 1.16. The number of carbonyl (C=O) groups excluding carboxylic acids is 1. The molecule has 2 aromatic heterocycles. The standard InChI is InChI=1S/C16H15N3O3S/c1-21-13-6-3-2-5-12(13)19-16(20)17-9-11-10-22-15(18-11)14-7-4-8-23-14/h2-8,10H,9H2,1H3,(H2,17,19,20). The minimum absolute atomic E-state index is 0.274. The molecule has 2 heterocycles. The summed E-state index contributed by atoms with van der Waals surface area (Å²) in [5.41, 5.74) is 1.26. The number of thiophene rings is 1. The average Bonchev–Trinajstić information content (AvgIpc) is 3.24. The van der Waals surface area contributed by atoms with Gasteiger partial charge in [0, 0.05) is 0 Å². The van der Waals surface area contributed by atoms with Crippen LogP contribution in [0.4, 0.5) is 10.5 Å². The van der Waals surface area contributed by atoms with Crippen LogP contribution in [0.2, 0.25) is 0 Å². The van der Waals surface area contributed by atoms with Crippen molar-refractivity contribution < 1.29 is 13.9 Å². The van der Waals surface area contributed by atoms with Gasteiger partial charge in [0.2, 0.25) is 5.89 Å². The lowest BCUT2D eigenvalue weighted by atomic mass is 10.3. The molecule has 0 bridgehead atoms. The number of oxazole rings is 1. The first-order valence-corrected chi connectivity index (χ1v) is 7.80. The van der Waals surface area contributed by atoms with Crippen LogP contribution < -0.4 is 15.4 Å². The topological polar surface area (TPSA) is 76.4 Å². The predicted octanol–water partition coefficient (Wildman–Crippen LogP) is 3.73. The van der Waals surface area contributed by atoms with Gasteiger partial charge in [0.25, 0.3) is 0 Å². The van der Waals surface area contributed by atoms with Gasteiger partial charge in [-0.05, 0) is 23.6 Å². The molecule has 3 aromatic rings. The fraction of sp³-hybridized carbons (Fsp3) is 0.125. The van der Waals surface area contributed by atoms with Gasteiger partial charge >= 0.3 is 6.03 Å². The van der Waals surface area contributed by atoms with Crippen LogP contribution in [0.3, 0.4) is 0 Å². The molecule has 2 N–H and O–H groups in total. The Morgan fingerprint density at radius 1 is 1.30 bits per heavy atom. The maximum Gasteiger partial charge on any atom is 0.319 e. The number of anilines is 1. The second-order valence-electron chi connectivity index (χ2n) is 4.63. The third kappa shape index (κ3) is 3.70. The third-order valence-corrected chi connectivity index (χ3v) is 3.93. The van der Waals surface area contributed by atoms with E-state index < -0.39 is 0 Å². The summed E-state index contributed by atoms with van der Waals surface area (Å²) in [6.07, 6.45) is 1.54. The van der Waals surface area contributed by atoms with Crippen LogP contribution in [0.25, 0.3) is 10.8 Å². The average molecular weight is 329 g/mol. The molecular weight excluding hydrogens is 314 g/mol. The molecule has 23 heavy (non-hydrogen) atoms. The zero-order valence-corrected chi connectivity index (χ0v) is 13.2. The van der Waals surface area contributed by atoms with Crippen LogP contribution >= 0.6 is 11.3 Å². The van der Waals surface area contributed by atoms with E-state index in [9.17, 15) is 4.79 Å². The minimum atomic E-state index is -0.338. The Hall–Kier alpha value is -2.80. The number of benzene rings is 1. The molecule has 0 radical (unpaired) electrons. The first kappa shape index (κ1) is 15.1. The Labute approximate surface area is 137 Å². The number of aromatic nitrogens is 1. The summed E-state index contributed by atoms with van der Waals surface area (Å²) in [6, 6.07) is 10.7. The highest BCUT2D eigenvalue weighted by molar-refractivity contribution is 7.13. The highest BCUT2D eigenvalue weighted by atomic mass is 32.1. The van der Waals surface area contributed by atoms with Crippen molar-refractivity contribution in [3.8, 4) is 16.5 Å². The van der Waals surface area contributed by atoms with Crippen LogP contribution in [0.1, 0.15) is 5.69 Å². The molecule has 0 fully saturated rings. The monoisotopic (exact) mass is 329 g/mol. The van der Waals surface area contributed by atoms with Crippen molar-refractivity contribution in [2.75, 3.05) is 12.4 Å². The third-order valence-electron chi connectivity index (χ3n) is 3.07. The fourth-order valence-electron chi connectivity index (χ4n) is 1.99. The van der Waals surface area contributed by atoms with Crippen molar-refractivity contribution in [3.63, 3.8) is 0 Å². The minimum Gasteiger partial charge on any atom is -0.495 e. The zero-order valence-electron chi connectivity index (χ0n) is 12.4. The molecule has 0 aliphatic carbocycles. The molecule has 0 spiro atoms. The normalized spacial score (nSPS) is 10.3. The lowest BCUT2D eigenvalue weighted by Gasteiger charge is -2.10. The molecule has 7 heteroatoms.